The van der Waals surface area contributed by atoms with E-state index in [0.717, 1.165) is 5.92 Å². The molecule has 2 aliphatic rings. The number of hydrogen-bond acceptors (Lipinski definition) is 2. The molecule has 0 aromatic heterocycles. The van der Waals surface area contributed by atoms with E-state index in [4.69, 9.17) is 4.74 Å². The SMILES string of the molecule is CC(Br)C(=O)OC1C2(C)CCC(C2)C1(C)C. The van der Waals surface area contributed by atoms with Gasteiger partial charge in [-0.15, -0.1) is 0 Å². The molecule has 0 saturated heterocycles. The highest BCUT2D eigenvalue weighted by atomic mass is 79.9. The van der Waals surface area contributed by atoms with Crippen LogP contribution in [0.15, 0.2) is 0 Å². The van der Waals surface area contributed by atoms with Crippen LogP contribution >= 0.6 is 15.9 Å². The number of hydrogen-bond donors (Lipinski definition) is 0. The van der Waals surface area contributed by atoms with E-state index in [2.05, 4.69) is 36.7 Å². The molecule has 0 amide bonds. The molecule has 16 heavy (non-hydrogen) atoms. The predicted octanol–water partition coefficient (Wildman–Crippen LogP) is 3.53. The Morgan fingerprint density at radius 2 is 2.06 bits per heavy atom. The fraction of sp³-hybridized carbons (Fsp3) is 0.923. The zero-order valence-corrected chi connectivity index (χ0v) is 12.1. The van der Waals surface area contributed by atoms with Gasteiger partial charge < -0.3 is 4.74 Å². The second-order valence-electron chi connectivity index (χ2n) is 6.35. The van der Waals surface area contributed by atoms with Crippen molar-refractivity contribution in [2.45, 2.75) is 57.9 Å². The van der Waals surface area contributed by atoms with Gasteiger partial charge in [0.1, 0.15) is 10.9 Å². The van der Waals surface area contributed by atoms with Crippen LogP contribution in [0.1, 0.15) is 47.0 Å². The van der Waals surface area contributed by atoms with E-state index in [9.17, 15) is 4.79 Å². The highest BCUT2D eigenvalue weighted by Gasteiger charge is 2.61. The second-order valence-corrected chi connectivity index (χ2v) is 7.72. The molecule has 2 bridgehead atoms. The van der Waals surface area contributed by atoms with Crippen molar-refractivity contribution < 1.29 is 9.53 Å². The predicted molar refractivity (Wildman–Crippen MR) is 67.5 cm³/mol. The summed E-state index contributed by atoms with van der Waals surface area (Å²) in [6.07, 6.45) is 3.80. The topological polar surface area (TPSA) is 26.3 Å². The summed E-state index contributed by atoms with van der Waals surface area (Å²) in [5.41, 5.74) is 0.357. The molecule has 0 radical (unpaired) electrons. The minimum atomic E-state index is -0.203. The average Bonchev–Trinajstić information content (AvgIpc) is 2.63. The zero-order valence-electron chi connectivity index (χ0n) is 10.5. The van der Waals surface area contributed by atoms with Crippen molar-refractivity contribution in [3.8, 4) is 0 Å². The van der Waals surface area contributed by atoms with E-state index in [0.29, 0.717) is 0 Å². The summed E-state index contributed by atoms with van der Waals surface area (Å²) < 4.78 is 5.74. The molecule has 2 fully saturated rings. The Hall–Kier alpha value is -0.0500. The van der Waals surface area contributed by atoms with Crippen molar-refractivity contribution in [3.05, 3.63) is 0 Å². The first-order chi connectivity index (χ1) is 7.27. The maximum atomic E-state index is 11.7. The Morgan fingerprint density at radius 3 is 2.50 bits per heavy atom. The fourth-order valence-corrected chi connectivity index (χ4v) is 3.87. The van der Waals surface area contributed by atoms with E-state index >= 15 is 0 Å². The normalized spacial score (nSPS) is 42.1. The van der Waals surface area contributed by atoms with E-state index in [1.54, 1.807) is 0 Å². The molecule has 4 unspecified atom stereocenters. The second kappa shape index (κ2) is 3.72. The van der Waals surface area contributed by atoms with E-state index < -0.39 is 0 Å². The molecular weight excluding hydrogens is 268 g/mol. The molecule has 92 valence electrons. The highest BCUT2D eigenvalue weighted by molar-refractivity contribution is 9.10. The van der Waals surface area contributed by atoms with Gasteiger partial charge in [0.25, 0.3) is 0 Å². The van der Waals surface area contributed by atoms with Gasteiger partial charge in [0.2, 0.25) is 0 Å². The fourth-order valence-electron chi connectivity index (χ4n) is 3.76. The third-order valence-corrected chi connectivity index (χ3v) is 5.07. The van der Waals surface area contributed by atoms with Crippen molar-refractivity contribution in [2.75, 3.05) is 0 Å². The van der Waals surface area contributed by atoms with Gasteiger partial charge >= 0.3 is 5.97 Å². The molecule has 4 atom stereocenters. The van der Waals surface area contributed by atoms with Crippen LogP contribution in [0.2, 0.25) is 0 Å². The number of ether oxygens (including phenoxy) is 1. The first-order valence-corrected chi connectivity index (χ1v) is 7.03. The molecule has 0 aliphatic heterocycles. The maximum absolute atomic E-state index is 11.7. The summed E-state index contributed by atoms with van der Waals surface area (Å²) in [5.74, 6) is 0.604. The summed E-state index contributed by atoms with van der Waals surface area (Å²) in [6.45, 7) is 8.60. The van der Waals surface area contributed by atoms with Gasteiger partial charge in [-0.1, -0.05) is 36.7 Å². The van der Waals surface area contributed by atoms with Crippen LogP contribution in [0.4, 0.5) is 0 Å². The molecule has 2 aliphatic carbocycles. The van der Waals surface area contributed by atoms with Crippen LogP contribution < -0.4 is 0 Å². The number of esters is 1. The summed E-state index contributed by atoms with van der Waals surface area (Å²) in [6, 6.07) is 0. The lowest BCUT2D eigenvalue weighted by atomic mass is 9.70. The Labute approximate surface area is 106 Å². The lowest BCUT2D eigenvalue weighted by Crippen LogP contribution is -2.44. The van der Waals surface area contributed by atoms with Crippen LogP contribution in [-0.2, 0) is 9.53 Å². The van der Waals surface area contributed by atoms with Crippen LogP contribution in [0, 0.1) is 16.7 Å². The van der Waals surface area contributed by atoms with Crippen molar-refractivity contribution in [3.63, 3.8) is 0 Å². The molecule has 0 heterocycles. The summed E-state index contributed by atoms with van der Waals surface area (Å²) in [4.78, 5) is 11.5. The number of fused-ring (bicyclic) bond motifs is 2. The minimum Gasteiger partial charge on any atom is -0.460 e. The Bertz CT molecular complexity index is 306. The van der Waals surface area contributed by atoms with E-state index in [1.165, 1.54) is 19.3 Å². The van der Waals surface area contributed by atoms with E-state index in [-0.39, 0.29) is 27.7 Å². The van der Waals surface area contributed by atoms with Crippen LogP contribution in [0.3, 0.4) is 0 Å². The standard InChI is InChI=1S/C13H21BrO2/c1-8(14)10(15)16-11-12(2,3)9-5-6-13(11,4)7-9/h8-9,11H,5-7H2,1-4H3. The number of carbonyl (C=O) groups excluding carboxylic acids is 1. The molecule has 0 aromatic carbocycles. The Morgan fingerprint density at radius 1 is 1.44 bits per heavy atom. The lowest BCUT2D eigenvalue weighted by molar-refractivity contribution is -0.163. The highest BCUT2D eigenvalue weighted by Crippen LogP contribution is 2.63. The van der Waals surface area contributed by atoms with Gasteiger partial charge in [0, 0.05) is 10.8 Å². The third kappa shape index (κ3) is 1.71. The number of alkyl halides is 1. The quantitative estimate of drug-likeness (QED) is 0.574. The maximum Gasteiger partial charge on any atom is 0.319 e. The minimum absolute atomic E-state index is 0.0891. The molecule has 2 nitrogen and oxygen atoms in total. The van der Waals surface area contributed by atoms with Crippen LogP contribution in [0.5, 0.6) is 0 Å². The van der Waals surface area contributed by atoms with Gasteiger partial charge in [-0.2, -0.15) is 0 Å². The van der Waals surface area contributed by atoms with Gasteiger partial charge in [-0.25, -0.2) is 0 Å². The lowest BCUT2D eigenvalue weighted by Gasteiger charge is -2.41. The summed E-state index contributed by atoms with van der Waals surface area (Å²) in [7, 11) is 0. The molecule has 2 rings (SSSR count). The molecule has 0 N–H and O–H groups in total. The largest absolute Gasteiger partial charge is 0.460 e. The van der Waals surface area contributed by atoms with Crippen molar-refractivity contribution >= 4 is 21.9 Å². The van der Waals surface area contributed by atoms with E-state index in [1.807, 2.05) is 6.92 Å². The third-order valence-electron chi connectivity index (χ3n) is 4.70. The van der Waals surface area contributed by atoms with Crippen molar-refractivity contribution in [2.24, 2.45) is 16.7 Å². The first kappa shape index (κ1) is 12.4. The molecule has 3 heteroatoms. The van der Waals surface area contributed by atoms with Gasteiger partial charge in [0.15, 0.2) is 0 Å². The van der Waals surface area contributed by atoms with Gasteiger partial charge in [-0.05, 0) is 32.1 Å². The summed E-state index contributed by atoms with van der Waals surface area (Å²) >= 11 is 3.28. The zero-order chi connectivity index (χ0) is 12.1. The number of rotatable bonds is 2. The summed E-state index contributed by atoms with van der Waals surface area (Å²) in [5, 5.41) is 0. The van der Waals surface area contributed by atoms with Crippen LogP contribution in [-0.4, -0.2) is 16.9 Å². The Balaban J connectivity index is 2.17. The van der Waals surface area contributed by atoms with Gasteiger partial charge in [0.05, 0.1) is 0 Å². The molecular formula is C13H21BrO2. The molecule has 2 saturated carbocycles. The smallest absolute Gasteiger partial charge is 0.319 e. The van der Waals surface area contributed by atoms with Crippen molar-refractivity contribution in [1.29, 1.82) is 0 Å². The molecule has 0 spiro atoms. The van der Waals surface area contributed by atoms with Crippen molar-refractivity contribution in [1.82, 2.24) is 0 Å². The Kier molecular flexibility index (Phi) is 2.89. The number of halogens is 1. The monoisotopic (exact) mass is 288 g/mol. The first-order valence-electron chi connectivity index (χ1n) is 6.12. The average molecular weight is 289 g/mol. The number of carbonyl (C=O) groups is 1. The molecule has 0 aromatic rings. The van der Waals surface area contributed by atoms with Gasteiger partial charge in [-0.3, -0.25) is 4.79 Å². The van der Waals surface area contributed by atoms with Crippen LogP contribution in [0.25, 0.3) is 0 Å².